The average molecular weight is 226 g/mol. The minimum atomic E-state index is -1.15. The van der Waals surface area contributed by atoms with E-state index in [4.69, 9.17) is 10.8 Å². The maximum absolute atomic E-state index is 13.6. The van der Waals surface area contributed by atoms with Gasteiger partial charge in [0.15, 0.2) is 0 Å². The van der Waals surface area contributed by atoms with Gasteiger partial charge in [-0.05, 0) is 18.6 Å². The lowest BCUT2D eigenvalue weighted by Gasteiger charge is -2.20. The molecule has 1 aromatic carbocycles. The Balaban J connectivity index is 3.19. The molecule has 5 heteroatoms. The molecular weight excluding hydrogens is 211 g/mol. The topological polar surface area (TPSA) is 66.6 Å². The molecular formula is C11H15FN2O2. The van der Waals surface area contributed by atoms with Crippen molar-refractivity contribution in [2.75, 3.05) is 24.2 Å². The van der Waals surface area contributed by atoms with Crippen LogP contribution in [0.25, 0.3) is 0 Å². The zero-order chi connectivity index (χ0) is 12.3. The number of hydrogen-bond donors (Lipinski definition) is 2. The molecule has 0 aliphatic carbocycles. The molecule has 0 bridgehead atoms. The second-order valence-corrected chi connectivity index (χ2v) is 3.62. The van der Waals surface area contributed by atoms with Crippen molar-refractivity contribution in [3.05, 3.63) is 23.5 Å². The van der Waals surface area contributed by atoms with Crippen LogP contribution in [0.4, 0.5) is 15.8 Å². The maximum atomic E-state index is 13.6. The summed E-state index contributed by atoms with van der Waals surface area (Å²) >= 11 is 0. The minimum absolute atomic E-state index is 0.0568. The third-order valence-electron chi connectivity index (χ3n) is 2.32. The minimum Gasteiger partial charge on any atom is -0.478 e. The highest BCUT2D eigenvalue weighted by Crippen LogP contribution is 2.24. The molecule has 0 aliphatic heterocycles. The number of halogens is 1. The van der Waals surface area contributed by atoms with Crippen LogP contribution < -0.4 is 10.6 Å². The molecule has 16 heavy (non-hydrogen) atoms. The third-order valence-corrected chi connectivity index (χ3v) is 2.32. The molecule has 0 saturated heterocycles. The van der Waals surface area contributed by atoms with Crippen LogP contribution in [0.15, 0.2) is 12.1 Å². The summed E-state index contributed by atoms with van der Waals surface area (Å²) in [7, 11) is 1.71. The highest BCUT2D eigenvalue weighted by atomic mass is 19.1. The van der Waals surface area contributed by atoms with Gasteiger partial charge in [0.25, 0.3) is 0 Å². The summed E-state index contributed by atoms with van der Waals surface area (Å²) in [5.74, 6) is -1.65. The number of rotatable bonds is 4. The molecule has 0 heterocycles. The average Bonchev–Trinajstić information content (AvgIpc) is 2.17. The van der Waals surface area contributed by atoms with Crippen molar-refractivity contribution in [3.63, 3.8) is 0 Å². The summed E-state index contributed by atoms with van der Waals surface area (Å²) in [4.78, 5) is 12.5. The van der Waals surface area contributed by atoms with Gasteiger partial charge in [0, 0.05) is 19.3 Å². The van der Waals surface area contributed by atoms with E-state index in [1.54, 1.807) is 11.9 Å². The number of nitrogens with zero attached hydrogens (tertiary/aromatic N) is 1. The van der Waals surface area contributed by atoms with Crippen molar-refractivity contribution in [3.8, 4) is 0 Å². The van der Waals surface area contributed by atoms with Crippen LogP contribution in [-0.2, 0) is 0 Å². The molecule has 1 aromatic rings. The molecule has 0 saturated carbocycles. The first-order valence-corrected chi connectivity index (χ1v) is 5.00. The van der Waals surface area contributed by atoms with Gasteiger partial charge in [0.05, 0.1) is 11.3 Å². The molecule has 3 N–H and O–H groups in total. The van der Waals surface area contributed by atoms with Gasteiger partial charge >= 0.3 is 5.97 Å². The van der Waals surface area contributed by atoms with E-state index >= 15 is 0 Å². The van der Waals surface area contributed by atoms with Crippen molar-refractivity contribution in [1.82, 2.24) is 0 Å². The van der Waals surface area contributed by atoms with Crippen LogP contribution in [0.3, 0.4) is 0 Å². The summed E-state index contributed by atoms with van der Waals surface area (Å²) in [6, 6.07) is 2.31. The lowest BCUT2D eigenvalue weighted by molar-refractivity contribution is 0.0698. The maximum Gasteiger partial charge on any atom is 0.337 e. The molecule has 88 valence electrons. The number of carbonyl (C=O) groups is 1. The second-order valence-electron chi connectivity index (χ2n) is 3.62. The number of carboxylic acid groups (broad SMARTS) is 1. The summed E-state index contributed by atoms with van der Waals surface area (Å²) in [6.07, 6.45) is 0.850. The molecule has 0 aromatic heterocycles. The predicted octanol–water partition coefficient (Wildman–Crippen LogP) is 1.95. The fraction of sp³-hybridized carbons (Fsp3) is 0.364. The van der Waals surface area contributed by atoms with Crippen molar-refractivity contribution in [2.45, 2.75) is 13.3 Å². The Morgan fingerprint density at radius 2 is 2.19 bits per heavy atom. The number of hydrogen-bond acceptors (Lipinski definition) is 3. The van der Waals surface area contributed by atoms with Gasteiger partial charge in [-0.25, -0.2) is 9.18 Å². The van der Waals surface area contributed by atoms with Gasteiger partial charge < -0.3 is 15.7 Å². The molecule has 0 fully saturated rings. The van der Waals surface area contributed by atoms with Crippen LogP contribution in [-0.4, -0.2) is 24.7 Å². The van der Waals surface area contributed by atoms with Gasteiger partial charge in [-0.15, -0.1) is 0 Å². The lowest BCUT2D eigenvalue weighted by atomic mass is 10.1. The Kier molecular flexibility index (Phi) is 3.71. The van der Waals surface area contributed by atoms with Gasteiger partial charge in [0.2, 0.25) is 0 Å². The lowest BCUT2D eigenvalue weighted by Crippen LogP contribution is -2.20. The van der Waals surface area contributed by atoms with Crippen LogP contribution in [0.5, 0.6) is 0 Å². The smallest absolute Gasteiger partial charge is 0.337 e. The number of anilines is 2. The second kappa shape index (κ2) is 4.83. The van der Waals surface area contributed by atoms with Crippen LogP contribution in [0.1, 0.15) is 23.7 Å². The van der Waals surface area contributed by atoms with Gasteiger partial charge in [-0.3, -0.25) is 0 Å². The van der Waals surface area contributed by atoms with Crippen molar-refractivity contribution in [2.24, 2.45) is 0 Å². The SMILES string of the molecule is CCCN(C)c1cc(C(=O)O)c(N)cc1F. The molecule has 1 rings (SSSR count). The normalized spacial score (nSPS) is 10.2. The Morgan fingerprint density at radius 1 is 1.56 bits per heavy atom. The van der Waals surface area contributed by atoms with Gasteiger partial charge in [-0.1, -0.05) is 6.92 Å². The highest BCUT2D eigenvalue weighted by Gasteiger charge is 2.15. The Labute approximate surface area is 93.5 Å². The zero-order valence-corrected chi connectivity index (χ0v) is 9.33. The summed E-state index contributed by atoms with van der Waals surface area (Å²) in [5.41, 5.74) is 5.56. The molecule has 0 aliphatic rings. The third kappa shape index (κ3) is 2.42. The van der Waals surface area contributed by atoms with E-state index in [-0.39, 0.29) is 16.9 Å². The largest absolute Gasteiger partial charge is 0.478 e. The van der Waals surface area contributed by atoms with Crippen LogP contribution in [0.2, 0.25) is 0 Å². The van der Waals surface area contributed by atoms with Crippen molar-refractivity contribution >= 4 is 17.3 Å². The van der Waals surface area contributed by atoms with E-state index in [1.807, 2.05) is 6.92 Å². The summed E-state index contributed by atoms with van der Waals surface area (Å²) < 4.78 is 13.6. The van der Waals surface area contributed by atoms with Gasteiger partial charge in [-0.2, -0.15) is 0 Å². The van der Waals surface area contributed by atoms with E-state index < -0.39 is 11.8 Å². The molecule has 0 amide bonds. The monoisotopic (exact) mass is 226 g/mol. The van der Waals surface area contributed by atoms with Crippen LogP contribution >= 0.6 is 0 Å². The number of aromatic carboxylic acids is 1. The molecule has 0 atom stereocenters. The molecule has 0 spiro atoms. The Hall–Kier alpha value is -1.78. The summed E-state index contributed by atoms with van der Waals surface area (Å²) in [5, 5.41) is 8.87. The number of carboxylic acids is 1. The van der Waals surface area contributed by atoms with E-state index in [1.165, 1.54) is 6.07 Å². The number of benzene rings is 1. The fourth-order valence-electron chi connectivity index (χ4n) is 1.51. The van der Waals surface area contributed by atoms with E-state index in [9.17, 15) is 9.18 Å². The standard InChI is InChI=1S/C11H15FN2O2/c1-3-4-14(2)10-5-7(11(15)16)9(13)6-8(10)12/h5-6H,3-4,13H2,1-2H3,(H,15,16). The first-order chi connectivity index (χ1) is 7.47. The zero-order valence-electron chi connectivity index (χ0n) is 9.33. The number of nitrogen functional groups attached to an aromatic ring is 1. The van der Waals surface area contributed by atoms with E-state index in [0.29, 0.717) is 6.54 Å². The first kappa shape index (κ1) is 12.3. The number of nitrogens with two attached hydrogens (primary N) is 1. The first-order valence-electron chi connectivity index (χ1n) is 5.00. The van der Waals surface area contributed by atoms with Crippen molar-refractivity contribution in [1.29, 1.82) is 0 Å². The van der Waals surface area contributed by atoms with Crippen LogP contribution in [0, 0.1) is 5.82 Å². The highest BCUT2D eigenvalue weighted by molar-refractivity contribution is 5.94. The quantitative estimate of drug-likeness (QED) is 0.770. The Morgan fingerprint density at radius 3 is 2.69 bits per heavy atom. The van der Waals surface area contributed by atoms with Crippen molar-refractivity contribution < 1.29 is 14.3 Å². The summed E-state index contributed by atoms with van der Waals surface area (Å²) in [6.45, 7) is 2.61. The van der Waals surface area contributed by atoms with E-state index in [0.717, 1.165) is 12.5 Å². The molecule has 4 nitrogen and oxygen atoms in total. The molecule has 0 unspecified atom stereocenters. The van der Waals surface area contributed by atoms with E-state index in [2.05, 4.69) is 0 Å². The predicted molar refractivity (Wildman–Crippen MR) is 61.3 cm³/mol. The Bertz CT molecular complexity index is 407. The fourth-order valence-corrected chi connectivity index (χ4v) is 1.51. The van der Waals surface area contributed by atoms with Gasteiger partial charge in [0.1, 0.15) is 5.82 Å². The molecule has 0 radical (unpaired) electrons.